The molecule has 6 nitrogen and oxygen atoms in total. The van der Waals surface area contributed by atoms with E-state index >= 15 is 0 Å². The van der Waals surface area contributed by atoms with Gasteiger partial charge in [-0.25, -0.2) is 4.79 Å². The van der Waals surface area contributed by atoms with Gasteiger partial charge in [0.1, 0.15) is 0 Å². The lowest BCUT2D eigenvalue weighted by atomic mass is 9.90. The molecule has 3 aliphatic rings. The Morgan fingerprint density at radius 3 is 2.38 bits per heavy atom. The number of carbonyl (C=O) groups excluding carboxylic acids is 2. The highest BCUT2D eigenvalue weighted by atomic mass is 16.6. The summed E-state index contributed by atoms with van der Waals surface area (Å²) in [6.45, 7) is 11.0. The zero-order valence-electron chi connectivity index (χ0n) is 16.7. The molecule has 2 bridgehead atoms. The molecule has 0 aromatic rings. The van der Waals surface area contributed by atoms with E-state index in [-0.39, 0.29) is 6.09 Å². The van der Waals surface area contributed by atoms with Crippen LogP contribution in [-0.4, -0.2) is 78.1 Å². The molecule has 0 aromatic carbocycles. The molecule has 2 amide bonds. The van der Waals surface area contributed by atoms with Gasteiger partial charge < -0.3 is 14.5 Å². The first kappa shape index (κ1) is 19.5. The number of hydrogen-bond acceptors (Lipinski definition) is 4. The number of nitrogens with zero attached hydrogens (tertiary/aromatic N) is 3. The summed E-state index contributed by atoms with van der Waals surface area (Å²) < 4.78 is 5.25. The monoisotopic (exact) mass is 365 g/mol. The molecular weight excluding hydrogens is 330 g/mol. The van der Waals surface area contributed by atoms with Crippen LogP contribution in [0.25, 0.3) is 0 Å². The molecule has 3 unspecified atom stereocenters. The van der Waals surface area contributed by atoms with Crippen LogP contribution in [0.4, 0.5) is 4.79 Å². The lowest BCUT2D eigenvalue weighted by Crippen LogP contribution is -2.55. The Balaban J connectivity index is 1.48. The Hall–Kier alpha value is -1.30. The van der Waals surface area contributed by atoms with Gasteiger partial charge in [0, 0.05) is 51.2 Å². The van der Waals surface area contributed by atoms with Gasteiger partial charge >= 0.3 is 6.09 Å². The van der Waals surface area contributed by atoms with Gasteiger partial charge in [0.15, 0.2) is 0 Å². The zero-order chi connectivity index (χ0) is 18.7. The molecule has 2 heterocycles. The predicted octanol–water partition coefficient (Wildman–Crippen LogP) is 2.58. The van der Waals surface area contributed by atoms with E-state index in [1.165, 1.54) is 12.8 Å². The minimum atomic E-state index is -0.132. The summed E-state index contributed by atoms with van der Waals surface area (Å²) in [6.07, 6.45) is 5.18. The fourth-order valence-electron chi connectivity index (χ4n) is 5.06. The summed E-state index contributed by atoms with van der Waals surface area (Å²) in [5.41, 5.74) is 0. The van der Waals surface area contributed by atoms with Crippen molar-refractivity contribution >= 4 is 12.0 Å². The molecule has 3 atom stereocenters. The highest BCUT2D eigenvalue weighted by molar-refractivity contribution is 5.76. The minimum absolute atomic E-state index is 0.132. The third-order valence-electron chi connectivity index (χ3n) is 6.54. The van der Waals surface area contributed by atoms with Crippen LogP contribution in [0, 0.1) is 11.8 Å². The minimum Gasteiger partial charge on any atom is -0.450 e. The van der Waals surface area contributed by atoms with Crippen molar-refractivity contribution in [3.8, 4) is 0 Å². The molecule has 3 fully saturated rings. The van der Waals surface area contributed by atoms with Gasteiger partial charge in [-0.15, -0.1) is 0 Å². The lowest BCUT2D eigenvalue weighted by molar-refractivity contribution is -0.133. The number of hydrogen-bond donors (Lipinski definition) is 0. The normalized spacial score (nSPS) is 29.2. The Morgan fingerprint density at radius 1 is 1.00 bits per heavy atom. The number of carbonyl (C=O) groups is 2. The molecule has 0 aromatic heterocycles. The van der Waals surface area contributed by atoms with E-state index in [1.807, 2.05) is 30.6 Å². The Kier molecular flexibility index (Phi) is 6.43. The molecule has 0 N–H and O–H groups in total. The zero-order valence-corrected chi connectivity index (χ0v) is 16.7. The molecule has 148 valence electrons. The molecular formula is C20H35N3O3. The van der Waals surface area contributed by atoms with Gasteiger partial charge in [0.25, 0.3) is 0 Å². The first-order chi connectivity index (χ1) is 12.5. The summed E-state index contributed by atoms with van der Waals surface area (Å²) >= 11 is 0. The van der Waals surface area contributed by atoms with Gasteiger partial charge in [-0.3, -0.25) is 9.69 Å². The topological polar surface area (TPSA) is 53.1 Å². The van der Waals surface area contributed by atoms with Crippen molar-refractivity contribution in [2.75, 3.05) is 39.3 Å². The maximum absolute atomic E-state index is 12.3. The average Bonchev–Trinajstić information content (AvgIpc) is 2.86. The number of amides is 2. The van der Waals surface area contributed by atoms with Crippen LogP contribution < -0.4 is 0 Å². The number of ether oxygens (including phenoxy) is 1. The van der Waals surface area contributed by atoms with E-state index in [0.29, 0.717) is 42.9 Å². The van der Waals surface area contributed by atoms with Crippen molar-refractivity contribution in [3.05, 3.63) is 0 Å². The van der Waals surface area contributed by atoms with E-state index in [2.05, 4.69) is 4.90 Å². The summed E-state index contributed by atoms with van der Waals surface area (Å²) in [5.74, 6) is 1.44. The molecule has 26 heavy (non-hydrogen) atoms. The van der Waals surface area contributed by atoms with E-state index in [4.69, 9.17) is 4.74 Å². The molecule has 2 aliphatic heterocycles. The van der Waals surface area contributed by atoms with Crippen LogP contribution in [0.5, 0.6) is 0 Å². The van der Waals surface area contributed by atoms with Gasteiger partial charge in [-0.1, -0.05) is 0 Å². The van der Waals surface area contributed by atoms with Crippen molar-refractivity contribution in [1.29, 1.82) is 0 Å². The molecule has 1 aliphatic carbocycles. The first-order valence-electron chi connectivity index (χ1n) is 10.5. The Labute approximate surface area is 157 Å². The van der Waals surface area contributed by atoms with Crippen LogP contribution >= 0.6 is 0 Å². The number of rotatable bonds is 6. The number of fused-ring (bicyclic) bond motifs is 2. The summed E-state index contributed by atoms with van der Waals surface area (Å²) in [4.78, 5) is 30.9. The largest absolute Gasteiger partial charge is 0.450 e. The van der Waals surface area contributed by atoms with Gasteiger partial charge in [0.05, 0.1) is 6.61 Å². The molecule has 0 spiro atoms. The first-order valence-corrected chi connectivity index (χ1v) is 10.5. The second-order valence-electron chi connectivity index (χ2n) is 8.16. The fourth-order valence-corrected chi connectivity index (χ4v) is 5.06. The van der Waals surface area contributed by atoms with Crippen LogP contribution in [0.3, 0.4) is 0 Å². The highest BCUT2D eigenvalue weighted by Crippen LogP contribution is 2.38. The quantitative estimate of drug-likeness (QED) is 0.726. The Bertz CT molecular complexity index is 503. The average molecular weight is 366 g/mol. The highest BCUT2D eigenvalue weighted by Gasteiger charge is 2.43. The smallest absolute Gasteiger partial charge is 0.410 e. The van der Waals surface area contributed by atoms with Crippen molar-refractivity contribution in [1.82, 2.24) is 14.7 Å². The van der Waals surface area contributed by atoms with E-state index in [0.717, 1.165) is 45.6 Å². The maximum Gasteiger partial charge on any atom is 0.410 e. The van der Waals surface area contributed by atoms with Crippen molar-refractivity contribution in [2.24, 2.45) is 11.8 Å². The molecule has 2 saturated heterocycles. The van der Waals surface area contributed by atoms with E-state index in [1.54, 1.807) is 0 Å². The summed E-state index contributed by atoms with van der Waals surface area (Å²) in [6, 6.07) is 0.893. The molecule has 6 heteroatoms. The van der Waals surface area contributed by atoms with E-state index < -0.39 is 0 Å². The van der Waals surface area contributed by atoms with Crippen LogP contribution in [-0.2, 0) is 9.53 Å². The molecule has 1 saturated carbocycles. The van der Waals surface area contributed by atoms with Crippen molar-refractivity contribution in [2.45, 2.75) is 65.0 Å². The Morgan fingerprint density at radius 2 is 1.73 bits per heavy atom. The second-order valence-corrected chi connectivity index (χ2v) is 8.16. The third-order valence-corrected chi connectivity index (χ3v) is 6.54. The SMILES string of the molecule is CCOC(=O)N1CC2CCC(N3CC(CC(=O)N(CC)CC)C3)CC1C2. The van der Waals surface area contributed by atoms with Crippen LogP contribution in [0.1, 0.15) is 52.9 Å². The van der Waals surface area contributed by atoms with Gasteiger partial charge in [-0.2, -0.15) is 0 Å². The summed E-state index contributed by atoms with van der Waals surface area (Å²) in [5, 5.41) is 0. The van der Waals surface area contributed by atoms with Gasteiger partial charge in [-0.05, 0) is 58.3 Å². The standard InChI is InChI=1S/C20H35N3O3/c1-4-21(5-2)19(24)10-16-12-22(13-16)17-8-7-15-9-18(11-17)23(14-15)20(25)26-6-3/h15-18H,4-14H2,1-3H3. The van der Waals surface area contributed by atoms with Crippen LogP contribution in [0.15, 0.2) is 0 Å². The summed E-state index contributed by atoms with van der Waals surface area (Å²) in [7, 11) is 0. The van der Waals surface area contributed by atoms with Crippen molar-refractivity contribution < 1.29 is 14.3 Å². The van der Waals surface area contributed by atoms with E-state index in [9.17, 15) is 9.59 Å². The fraction of sp³-hybridized carbons (Fsp3) is 0.900. The molecule has 0 radical (unpaired) electrons. The number of likely N-dealkylation sites (tertiary alicyclic amines) is 2. The molecule has 3 rings (SSSR count). The second kappa shape index (κ2) is 8.59. The van der Waals surface area contributed by atoms with Crippen LogP contribution in [0.2, 0.25) is 0 Å². The lowest BCUT2D eigenvalue weighted by Gasteiger charge is -2.46. The van der Waals surface area contributed by atoms with Crippen molar-refractivity contribution in [3.63, 3.8) is 0 Å². The van der Waals surface area contributed by atoms with Gasteiger partial charge in [0.2, 0.25) is 5.91 Å². The predicted molar refractivity (Wildman–Crippen MR) is 101 cm³/mol. The third kappa shape index (κ3) is 4.16. The maximum atomic E-state index is 12.3.